The van der Waals surface area contributed by atoms with Gasteiger partial charge in [-0.15, -0.1) is 29.1 Å². The van der Waals surface area contributed by atoms with Crippen molar-refractivity contribution >= 4 is 27.5 Å². The minimum atomic E-state index is -0.337. The Hall–Kier alpha value is -2.81. The van der Waals surface area contributed by atoms with E-state index >= 15 is 0 Å². The Bertz CT molecular complexity index is 1680. The molecule has 0 amide bonds. The van der Waals surface area contributed by atoms with Crippen molar-refractivity contribution in [2.75, 3.05) is 0 Å². The summed E-state index contributed by atoms with van der Waals surface area (Å²) in [5, 5.41) is 13.8. The van der Waals surface area contributed by atoms with Gasteiger partial charge in [-0.1, -0.05) is 136 Å². The van der Waals surface area contributed by atoms with Crippen LogP contribution in [0.4, 0.5) is 0 Å². The molecule has 1 heterocycles. The molecule has 3 nitrogen and oxygen atoms in total. The van der Waals surface area contributed by atoms with Gasteiger partial charge in [0.25, 0.3) is 0 Å². The fourth-order valence-electron chi connectivity index (χ4n) is 5.78. The smallest absolute Gasteiger partial charge is 0.164 e. The Morgan fingerprint density at radius 2 is 1.30 bits per heavy atom. The topological polar surface area (TPSA) is 50.2 Å². The largest absolute Gasteiger partial charge is 0.512 e. The van der Waals surface area contributed by atoms with Crippen LogP contribution >= 0.6 is 0 Å². The number of benzene rings is 3. The van der Waals surface area contributed by atoms with Crippen LogP contribution in [-0.4, -0.2) is 15.9 Å². The van der Waals surface area contributed by atoms with Gasteiger partial charge in [-0.05, 0) is 54.6 Å². The maximum atomic E-state index is 12.2. The van der Waals surface area contributed by atoms with E-state index in [1.54, 1.807) is 0 Å². The van der Waals surface area contributed by atoms with Gasteiger partial charge in [0.05, 0.1) is 5.52 Å². The normalized spacial score (nSPS) is 12.8. The van der Waals surface area contributed by atoms with Gasteiger partial charge in [-0.25, -0.2) is 0 Å². The molecule has 0 fully saturated rings. The molecule has 3 aromatic carbocycles. The van der Waals surface area contributed by atoms with Gasteiger partial charge in [0.2, 0.25) is 0 Å². The number of aliphatic hydroxyl groups excluding tert-OH is 1. The van der Waals surface area contributed by atoms with Crippen molar-refractivity contribution in [3.63, 3.8) is 0 Å². The summed E-state index contributed by atoms with van der Waals surface area (Å²) in [5.41, 5.74) is 5.51. The second-order valence-electron chi connectivity index (χ2n) is 15.7. The Balaban J connectivity index is 0.000000370. The van der Waals surface area contributed by atoms with Crippen molar-refractivity contribution in [1.29, 1.82) is 0 Å². The zero-order valence-corrected chi connectivity index (χ0v) is 33.4. The van der Waals surface area contributed by atoms with Crippen molar-refractivity contribution in [2.45, 2.75) is 121 Å². The Labute approximate surface area is 299 Å². The molecule has 0 aliphatic heterocycles. The van der Waals surface area contributed by atoms with Crippen molar-refractivity contribution in [3.8, 4) is 11.3 Å². The van der Waals surface area contributed by atoms with Crippen LogP contribution in [0.1, 0.15) is 120 Å². The fraction of sp³-hybridized carbons (Fsp3) is 0.488. The third kappa shape index (κ3) is 9.86. The van der Waals surface area contributed by atoms with E-state index < -0.39 is 0 Å². The molecule has 0 aliphatic rings. The first kappa shape index (κ1) is 40.4. The molecule has 4 heteroatoms. The monoisotopic (exact) mass is 813 g/mol. The number of pyridine rings is 1. The quantitative estimate of drug-likeness (QED) is 0.104. The zero-order valence-electron chi connectivity index (χ0n) is 31.0. The van der Waals surface area contributed by atoms with E-state index in [1.807, 2.05) is 41.5 Å². The number of carbonyl (C=O) groups excluding carboxylic acids is 1. The second-order valence-corrected chi connectivity index (χ2v) is 15.7. The first-order chi connectivity index (χ1) is 21.4. The number of hydrogen-bond donors (Lipinski definition) is 1. The summed E-state index contributed by atoms with van der Waals surface area (Å²) in [6.45, 7) is 25.8. The van der Waals surface area contributed by atoms with E-state index in [0.29, 0.717) is 0 Å². The molecule has 1 aromatic heterocycles. The van der Waals surface area contributed by atoms with Gasteiger partial charge >= 0.3 is 0 Å². The summed E-state index contributed by atoms with van der Waals surface area (Å²) in [7, 11) is 0. The van der Waals surface area contributed by atoms with Crippen LogP contribution in [0.5, 0.6) is 0 Å². The number of aromatic nitrogens is 1. The molecule has 1 N–H and O–H groups in total. The summed E-state index contributed by atoms with van der Waals surface area (Å²) in [6.07, 6.45) is 5.77. The minimum Gasteiger partial charge on any atom is -0.512 e. The van der Waals surface area contributed by atoms with Crippen molar-refractivity contribution in [1.82, 2.24) is 4.98 Å². The molecule has 0 saturated heterocycles. The van der Waals surface area contributed by atoms with E-state index in [0.717, 1.165) is 54.3 Å². The number of ketones is 1. The molecule has 0 aliphatic carbocycles. The number of fused-ring (bicyclic) bond motifs is 2. The van der Waals surface area contributed by atoms with E-state index in [2.05, 4.69) is 108 Å². The molecule has 0 atom stereocenters. The van der Waals surface area contributed by atoms with Gasteiger partial charge in [0.1, 0.15) is 5.76 Å². The number of rotatable bonds is 9. The predicted molar refractivity (Wildman–Crippen MR) is 198 cm³/mol. The summed E-state index contributed by atoms with van der Waals surface area (Å²) in [6, 6.07) is 25.3. The Kier molecular flexibility index (Phi) is 13.8. The minimum absolute atomic E-state index is 0. The van der Waals surface area contributed by atoms with Crippen LogP contribution in [0.15, 0.2) is 72.5 Å². The molecule has 0 spiro atoms. The molecule has 257 valence electrons. The standard InChI is InChI=1S/C28H30N.C15H28O2.Ir/c1-27(2,3)18-21-17-26(29-25-14-10-9-13-23(21)25)20-15-19-11-7-8-12-22(19)24(16-20)28(4,5)6;1-7-14(5,8-2)12(16)11-13(17)15(6,9-3)10-4;/h7-14,16-17H,18H2,1-6H3;11,16H,7-10H2,1-6H3;/q-1;;/b;12-11-;. The maximum absolute atomic E-state index is 12.2. The van der Waals surface area contributed by atoms with Gasteiger partial charge < -0.3 is 5.11 Å². The van der Waals surface area contributed by atoms with Crippen LogP contribution in [0.3, 0.4) is 0 Å². The molecular weight excluding hydrogens is 755 g/mol. The predicted octanol–water partition coefficient (Wildman–Crippen LogP) is 12.4. The number of hydrogen-bond acceptors (Lipinski definition) is 3. The number of para-hydroxylation sites is 1. The summed E-state index contributed by atoms with van der Waals surface area (Å²) in [4.78, 5) is 17.2. The number of allylic oxidation sites excluding steroid dienone is 2. The molecule has 0 unspecified atom stereocenters. The fourth-order valence-corrected chi connectivity index (χ4v) is 5.78. The van der Waals surface area contributed by atoms with Gasteiger partial charge in [0.15, 0.2) is 5.78 Å². The van der Waals surface area contributed by atoms with Gasteiger partial charge in [0, 0.05) is 48.1 Å². The average Bonchev–Trinajstić information content (AvgIpc) is 3.02. The Morgan fingerprint density at radius 1 is 0.766 bits per heavy atom. The molecular formula is C43H58IrNO2-. The van der Waals surface area contributed by atoms with E-state index in [9.17, 15) is 9.90 Å². The molecule has 47 heavy (non-hydrogen) atoms. The van der Waals surface area contributed by atoms with Crippen LogP contribution in [0, 0.1) is 22.3 Å². The third-order valence-electron chi connectivity index (χ3n) is 9.98. The van der Waals surface area contributed by atoms with Crippen LogP contribution < -0.4 is 0 Å². The summed E-state index contributed by atoms with van der Waals surface area (Å²) in [5.74, 6) is 0.286. The van der Waals surface area contributed by atoms with Gasteiger partial charge in [-0.3, -0.25) is 9.78 Å². The molecule has 4 aromatic rings. The van der Waals surface area contributed by atoms with Crippen molar-refractivity contribution in [2.24, 2.45) is 16.2 Å². The SMILES string of the molecule is CC(C)(C)Cc1cc(-c2[c-]c3ccccc3c(C(C)(C)C)c2)nc2ccccc12.CCC(C)(CC)C(=O)/C=C(\O)C(C)(CC)CC.[Ir]. The number of carbonyl (C=O) groups is 1. The van der Waals surface area contributed by atoms with Crippen LogP contribution in [0.25, 0.3) is 32.9 Å². The van der Waals surface area contributed by atoms with Crippen molar-refractivity contribution < 1.29 is 30.0 Å². The first-order valence-electron chi connectivity index (χ1n) is 17.2. The molecule has 1 radical (unpaired) electrons. The average molecular weight is 813 g/mol. The van der Waals surface area contributed by atoms with Crippen molar-refractivity contribution in [3.05, 3.63) is 89.7 Å². The molecule has 4 rings (SSSR count). The van der Waals surface area contributed by atoms with Gasteiger partial charge in [-0.2, -0.15) is 0 Å². The number of aliphatic hydroxyl groups is 1. The number of nitrogens with zero attached hydrogens (tertiary/aromatic N) is 1. The first-order valence-corrected chi connectivity index (χ1v) is 17.2. The van der Waals surface area contributed by atoms with E-state index in [4.69, 9.17) is 4.98 Å². The maximum Gasteiger partial charge on any atom is 0.164 e. The third-order valence-corrected chi connectivity index (χ3v) is 9.98. The summed E-state index contributed by atoms with van der Waals surface area (Å²) >= 11 is 0. The second kappa shape index (κ2) is 16.1. The molecule has 0 bridgehead atoms. The van der Waals surface area contributed by atoms with E-state index in [1.165, 1.54) is 28.0 Å². The zero-order chi connectivity index (χ0) is 34.5. The summed E-state index contributed by atoms with van der Waals surface area (Å²) < 4.78 is 0. The molecule has 0 saturated carbocycles. The van der Waals surface area contributed by atoms with E-state index in [-0.39, 0.29) is 53.3 Å². The Morgan fingerprint density at radius 3 is 1.83 bits per heavy atom. The van der Waals surface area contributed by atoms with Crippen LogP contribution in [-0.2, 0) is 36.7 Å². The van der Waals surface area contributed by atoms with Crippen LogP contribution in [0.2, 0.25) is 0 Å².